The Balaban J connectivity index is 1.19. The van der Waals surface area contributed by atoms with Gasteiger partial charge in [0.15, 0.2) is 35.6 Å². The van der Waals surface area contributed by atoms with Crippen molar-refractivity contribution in [1.29, 1.82) is 0 Å². The Kier molecular flexibility index (Phi) is 11.6. The van der Waals surface area contributed by atoms with Crippen molar-refractivity contribution in [3.8, 4) is 23.0 Å². The third-order valence-electron chi connectivity index (χ3n) is 9.86. The fourth-order valence-corrected chi connectivity index (χ4v) is 9.11. The molecule has 0 spiro atoms. The maximum atomic E-state index is 13.7. The molecule has 0 aromatic heterocycles. The summed E-state index contributed by atoms with van der Waals surface area (Å²) in [6.07, 6.45) is -6.56. The fourth-order valence-electron chi connectivity index (χ4n) is 7.46. The number of esters is 2. The van der Waals surface area contributed by atoms with Gasteiger partial charge in [-0.25, -0.2) is 0 Å². The van der Waals surface area contributed by atoms with Crippen LogP contribution in [0.25, 0.3) is 0 Å². The highest BCUT2D eigenvalue weighted by Crippen LogP contribution is 2.56. The first-order valence-corrected chi connectivity index (χ1v) is 19.5. The number of fused-ring (bicyclic) bond motifs is 4. The van der Waals surface area contributed by atoms with Crippen LogP contribution in [0.3, 0.4) is 0 Å². The van der Waals surface area contributed by atoms with Crippen LogP contribution >= 0.6 is 21.8 Å². The molecule has 1 aliphatic carbocycles. The molecule has 4 aliphatic heterocycles. The van der Waals surface area contributed by atoms with Crippen LogP contribution in [0.2, 0.25) is 0 Å². The van der Waals surface area contributed by atoms with E-state index in [9.17, 15) is 29.7 Å². The zero-order chi connectivity index (χ0) is 37.4. The van der Waals surface area contributed by atoms with E-state index in [4.69, 9.17) is 42.6 Å². The largest absolute Gasteiger partial charge is 0.493 e. The van der Waals surface area contributed by atoms with Gasteiger partial charge in [-0.2, -0.15) is 0 Å². The lowest BCUT2D eigenvalue weighted by Gasteiger charge is -2.47. The molecule has 2 aromatic carbocycles. The van der Waals surface area contributed by atoms with Crippen LogP contribution in [0.5, 0.6) is 23.0 Å². The molecular weight excluding hydrogens is 739 g/mol. The van der Waals surface area contributed by atoms with Gasteiger partial charge < -0.3 is 58.0 Å². The van der Waals surface area contributed by atoms with Crippen LogP contribution in [0.15, 0.2) is 24.3 Å². The molecular formula is C35H41NO15S2. The summed E-state index contributed by atoms with van der Waals surface area (Å²) in [6.45, 7) is 2.68. The monoisotopic (exact) mass is 779 g/mol. The summed E-state index contributed by atoms with van der Waals surface area (Å²) in [5.74, 6) is -1.54. The van der Waals surface area contributed by atoms with Gasteiger partial charge >= 0.3 is 11.9 Å². The molecule has 1 amide bonds. The molecule has 10 atom stereocenters. The summed E-state index contributed by atoms with van der Waals surface area (Å²) in [6, 6.07) is 6.88. The molecule has 18 heteroatoms. The van der Waals surface area contributed by atoms with Gasteiger partial charge in [-0.1, -0.05) is 10.8 Å². The molecule has 16 nitrogen and oxygen atoms in total. The van der Waals surface area contributed by atoms with Crippen LogP contribution in [0, 0.1) is 11.8 Å². The number of ether oxygens (including phenoxy) is 9. The lowest BCUT2D eigenvalue weighted by Crippen LogP contribution is -2.63. The Hall–Kier alpha value is -3.33. The predicted molar refractivity (Wildman–Crippen MR) is 185 cm³/mol. The molecule has 288 valence electrons. The number of carbonyl (C=O) groups is 3. The number of hydrogen-bond acceptors (Lipinski definition) is 17. The van der Waals surface area contributed by atoms with E-state index in [-0.39, 0.29) is 49.4 Å². The zero-order valence-electron chi connectivity index (χ0n) is 29.1. The molecule has 4 heterocycles. The number of carbonyl (C=O) groups excluding carboxylic acids is 3. The van der Waals surface area contributed by atoms with Crippen molar-refractivity contribution >= 4 is 39.6 Å². The number of rotatable bonds is 12. The van der Waals surface area contributed by atoms with Crippen molar-refractivity contribution < 1.29 is 72.3 Å². The second kappa shape index (κ2) is 16.2. The summed E-state index contributed by atoms with van der Waals surface area (Å²) in [5, 5.41) is 32.7. The topological polar surface area (TPSA) is 207 Å². The number of aliphatic hydroxyl groups excluding tert-OH is 3. The highest BCUT2D eigenvalue weighted by Gasteiger charge is 2.56. The standard InChI is InChI=1S/C35H41NO15S2/c1-15(38)36-53-52-6-4-5-26(39)50-31-18(11-37)7-17(8-24(31)43-3)27-19-9-22-23(47-14-46-22)10-20(19)32(21-12-45-34(42)28(21)27)51-35-30(41)29(40)33-25(49-35)13-44-16(2)48-33/h7-10,16,21,25,27-30,32-33,35,37,40-41H,4-6,11-14H2,1-3H3,(H,36,38)/t16?,21-,25?,27+,28-,29?,30?,32+,33?,35?/m0/s1. The summed E-state index contributed by atoms with van der Waals surface area (Å²) in [7, 11) is 3.99. The quantitative estimate of drug-likeness (QED) is 0.0801. The molecule has 3 saturated heterocycles. The van der Waals surface area contributed by atoms with Gasteiger partial charge in [-0.3, -0.25) is 19.1 Å². The van der Waals surface area contributed by atoms with E-state index in [1.807, 2.05) is 0 Å². The summed E-state index contributed by atoms with van der Waals surface area (Å²) < 4.78 is 55.0. The van der Waals surface area contributed by atoms with E-state index in [2.05, 4.69) is 4.72 Å². The number of nitrogens with one attached hydrogen (secondary N) is 1. The minimum atomic E-state index is -1.48. The number of methoxy groups -OCH3 is 1. The minimum absolute atomic E-state index is 0.0129. The van der Waals surface area contributed by atoms with Crippen LogP contribution in [0.1, 0.15) is 61.0 Å². The lowest BCUT2D eigenvalue weighted by atomic mass is 9.66. The molecule has 6 unspecified atom stereocenters. The van der Waals surface area contributed by atoms with Gasteiger partial charge in [0.05, 0.1) is 39.0 Å². The average Bonchev–Trinajstić information content (AvgIpc) is 3.77. The van der Waals surface area contributed by atoms with Gasteiger partial charge in [-0.05, 0) is 54.3 Å². The highest BCUT2D eigenvalue weighted by molar-refractivity contribution is 8.76. The smallest absolute Gasteiger partial charge is 0.311 e. The van der Waals surface area contributed by atoms with Crippen LogP contribution in [-0.2, 0) is 44.7 Å². The number of amides is 1. The Morgan fingerprint density at radius 2 is 1.79 bits per heavy atom. The van der Waals surface area contributed by atoms with Crippen LogP contribution in [-0.4, -0.2) is 103 Å². The molecule has 3 fully saturated rings. The van der Waals surface area contributed by atoms with Crippen LogP contribution in [0.4, 0.5) is 0 Å². The lowest BCUT2D eigenvalue weighted by molar-refractivity contribution is -0.364. The molecule has 0 radical (unpaired) electrons. The Morgan fingerprint density at radius 3 is 2.53 bits per heavy atom. The van der Waals surface area contributed by atoms with Crippen molar-refractivity contribution in [2.24, 2.45) is 11.8 Å². The average molecular weight is 780 g/mol. The van der Waals surface area contributed by atoms with Gasteiger partial charge in [0.25, 0.3) is 0 Å². The predicted octanol–water partition coefficient (Wildman–Crippen LogP) is 2.23. The number of benzene rings is 2. The van der Waals surface area contributed by atoms with E-state index < -0.39 is 79.4 Å². The molecule has 4 N–H and O–H groups in total. The molecule has 0 saturated carbocycles. The van der Waals surface area contributed by atoms with Crippen molar-refractivity contribution in [3.63, 3.8) is 0 Å². The first kappa shape index (κ1) is 38.0. The normalized spacial score (nSPS) is 31.2. The SMILES string of the molecule is COc1cc([C@@H]2c3cc4c(cc3[C@@H](OC3OC5COC(C)OC5C(O)C3O)[C@H]3COC(=O)[C@H]23)OCO4)cc(CO)c1OC(=O)CCCSSNC(C)=O. The molecule has 5 aliphatic rings. The maximum Gasteiger partial charge on any atom is 0.311 e. The highest BCUT2D eigenvalue weighted by atomic mass is 33.1. The summed E-state index contributed by atoms with van der Waals surface area (Å²) in [5.41, 5.74) is 2.08. The van der Waals surface area contributed by atoms with Gasteiger partial charge in [0.1, 0.15) is 24.4 Å². The van der Waals surface area contributed by atoms with Crippen molar-refractivity contribution in [3.05, 3.63) is 46.5 Å². The molecule has 53 heavy (non-hydrogen) atoms. The fraction of sp³-hybridized carbons (Fsp3) is 0.571. The number of hydrogen-bond donors (Lipinski definition) is 4. The second-order valence-electron chi connectivity index (χ2n) is 13.2. The van der Waals surface area contributed by atoms with Crippen molar-refractivity contribution in [2.45, 2.75) is 82.3 Å². The summed E-state index contributed by atoms with van der Waals surface area (Å²) in [4.78, 5) is 37.6. The molecule has 0 bridgehead atoms. The van der Waals surface area contributed by atoms with E-state index in [0.29, 0.717) is 40.4 Å². The van der Waals surface area contributed by atoms with E-state index in [1.165, 1.54) is 35.8 Å². The number of cyclic esters (lactones) is 1. The Labute approximate surface area is 312 Å². The Bertz CT molecular complexity index is 1680. The van der Waals surface area contributed by atoms with Gasteiger partial charge in [0, 0.05) is 47.5 Å². The first-order chi connectivity index (χ1) is 25.6. The maximum absolute atomic E-state index is 13.7. The van der Waals surface area contributed by atoms with E-state index in [1.54, 1.807) is 31.2 Å². The van der Waals surface area contributed by atoms with E-state index >= 15 is 0 Å². The van der Waals surface area contributed by atoms with Gasteiger partial charge in [-0.15, -0.1) is 0 Å². The number of aliphatic hydroxyl groups is 3. The molecule has 2 aromatic rings. The van der Waals surface area contributed by atoms with Crippen LogP contribution < -0.4 is 23.7 Å². The Morgan fingerprint density at radius 1 is 1.02 bits per heavy atom. The van der Waals surface area contributed by atoms with Crippen molar-refractivity contribution in [2.75, 3.05) is 32.9 Å². The molecule has 7 rings (SSSR count). The first-order valence-electron chi connectivity index (χ1n) is 17.2. The third kappa shape index (κ3) is 7.66. The van der Waals surface area contributed by atoms with E-state index in [0.717, 1.165) is 0 Å². The van der Waals surface area contributed by atoms with Crippen molar-refractivity contribution in [1.82, 2.24) is 4.72 Å². The van der Waals surface area contributed by atoms with Gasteiger partial charge in [0.2, 0.25) is 12.7 Å². The zero-order valence-corrected chi connectivity index (χ0v) is 30.7. The summed E-state index contributed by atoms with van der Waals surface area (Å²) >= 11 is 0. The third-order valence-corrected chi connectivity index (χ3v) is 11.9. The second-order valence-corrected chi connectivity index (χ2v) is 15.4. The minimum Gasteiger partial charge on any atom is -0.493 e.